The summed E-state index contributed by atoms with van der Waals surface area (Å²) in [6.07, 6.45) is 2.37. The molecule has 5 rings (SSSR count). The number of aryl methyl sites for hydroxylation is 1. The number of hydrogen-bond donors (Lipinski definition) is 0. The molecule has 4 heterocycles. The van der Waals surface area contributed by atoms with Crippen LogP contribution in [0, 0.1) is 0 Å². The molecule has 7 nitrogen and oxygen atoms in total. The number of benzene rings is 1. The molecule has 150 valence electrons. The molecule has 0 aliphatic carbocycles. The van der Waals surface area contributed by atoms with Gasteiger partial charge in [-0.3, -0.25) is 9.13 Å². The van der Waals surface area contributed by atoms with Gasteiger partial charge in [-0.1, -0.05) is 36.0 Å². The second kappa shape index (κ2) is 8.29. The van der Waals surface area contributed by atoms with Crippen LogP contribution in [0.5, 0.6) is 0 Å². The maximum absolute atomic E-state index is 12.2. The van der Waals surface area contributed by atoms with E-state index in [1.165, 1.54) is 4.88 Å². The highest BCUT2D eigenvalue weighted by Crippen LogP contribution is 2.25. The Bertz CT molecular complexity index is 1320. The van der Waals surface area contributed by atoms with Crippen LogP contribution in [0.15, 0.2) is 80.5 Å². The molecule has 0 atom stereocenters. The van der Waals surface area contributed by atoms with E-state index in [1.807, 2.05) is 36.4 Å². The molecule has 0 fully saturated rings. The normalized spacial score (nSPS) is 11.3. The van der Waals surface area contributed by atoms with Crippen molar-refractivity contribution in [2.24, 2.45) is 0 Å². The van der Waals surface area contributed by atoms with E-state index in [1.54, 1.807) is 46.0 Å². The molecule has 30 heavy (non-hydrogen) atoms. The number of para-hydroxylation sites is 1. The van der Waals surface area contributed by atoms with Crippen molar-refractivity contribution in [3.63, 3.8) is 0 Å². The molecule has 0 amide bonds. The average Bonchev–Trinajstić information content (AvgIpc) is 3.49. The summed E-state index contributed by atoms with van der Waals surface area (Å²) in [4.78, 5) is 17.7. The number of oxazole rings is 1. The van der Waals surface area contributed by atoms with Gasteiger partial charge < -0.3 is 4.42 Å². The van der Waals surface area contributed by atoms with E-state index in [-0.39, 0.29) is 0 Å². The summed E-state index contributed by atoms with van der Waals surface area (Å²) in [6, 6.07) is 17.7. The molecule has 0 spiro atoms. The van der Waals surface area contributed by atoms with Crippen LogP contribution in [0.2, 0.25) is 0 Å². The molecule has 0 N–H and O–H groups in total. The highest BCUT2D eigenvalue weighted by Gasteiger charge is 2.16. The fourth-order valence-electron chi connectivity index (χ4n) is 3.24. The van der Waals surface area contributed by atoms with Gasteiger partial charge in [0.1, 0.15) is 5.82 Å². The van der Waals surface area contributed by atoms with Crippen molar-refractivity contribution in [1.82, 2.24) is 24.3 Å². The highest BCUT2D eigenvalue weighted by molar-refractivity contribution is 7.99. The zero-order chi connectivity index (χ0) is 20.3. The first-order valence-electron chi connectivity index (χ1n) is 9.39. The summed E-state index contributed by atoms with van der Waals surface area (Å²) >= 11 is 3.26. The van der Waals surface area contributed by atoms with Crippen LogP contribution >= 0.6 is 23.1 Å². The highest BCUT2D eigenvalue weighted by atomic mass is 32.2. The Kier molecular flexibility index (Phi) is 5.20. The lowest BCUT2D eigenvalue weighted by Gasteiger charge is -2.10. The van der Waals surface area contributed by atoms with Crippen molar-refractivity contribution < 1.29 is 4.42 Å². The van der Waals surface area contributed by atoms with Gasteiger partial charge in [0.25, 0.3) is 0 Å². The Hall–Kier alpha value is -3.17. The predicted molar refractivity (Wildman–Crippen MR) is 117 cm³/mol. The maximum Gasteiger partial charge on any atom is 0.421 e. The van der Waals surface area contributed by atoms with Gasteiger partial charge in [0.05, 0.1) is 0 Å². The van der Waals surface area contributed by atoms with Gasteiger partial charge in [0, 0.05) is 35.5 Å². The molecule has 0 unspecified atom stereocenters. The first kappa shape index (κ1) is 18.8. The first-order valence-corrected chi connectivity index (χ1v) is 11.3. The molecular formula is C21H17N5O2S2. The van der Waals surface area contributed by atoms with E-state index in [0.717, 1.165) is 23.1 Å². The standard InChI is InChI=1S/C21H17N5O2S2/c27-21-25(19-17(28-21)9-4-10-22-19)11-13-30-20-24-23-18(14-16-8-5-12-29-16)26(20)15-6-2-1-3-7-15/h1-10,12H,11,13-14H2. The van der Waals surface area contributed by atoms with Crippen LogP contribution in [-0.2, 0) is 13.0 Å². The summed E-state index contributed by atoms with van der Waals surface area (Å²) in [6.45, 7) is 0.468. The molecule has 0 aliphatic rings. The number of aromatic nitrogens is 5. The number of hydrogen-bond acceptors (Lipinski definition) is 7. The summed E-state index contributed by atoms with van der Waals surface area (Å²) in [7, 11) is 0. The summed E-state index contributed by atoms with van der Waals surface area (Å²) in [5.41, 5.74) is 2.08. The van der Waals surface area contributed by atoms with Crippen molar-refractivity contribution in [2.75, 3.05) is 5.75 Å². The summed E-state index contributed by atoms with van der Waals surface area (Å²) < 4.78 is 8.90. The molecule has 0 radical (unpaired) electrons. The van der Waals surface area contributed by atoms with Crippen molar-refractivity contribution in [1.29, 1.82) is 0 Å². The molecule has 0 bridgehead atoms. The monoisotopic (exact) mass is 435 g/mol. The number of pyridine rings is 1. The minimum Gasteiger partial charge on any atom is -0.406 e. The molecular weight excluding hydrogens is 418 g/mol. The van der Waals surface area contributed by atoms with Crippen LogP contribution < -0.4 is 5.76 Å². The Morgan fingerprint density at radius 1 is 1.03 bits per heavy atom. The van der Waals surface area contributed by atoms with Crippen molar-refractivity contribution >= 4 is 34.3 Å². The summed E-state index contributed by atoms with van der Waals surface area (Å²) in [5.74, 6) is 1.13. The van der Waals surface area contributed by atoms with Gasteiger partial charge in [-0.15, -0.1) is 21.5 Å². The third-order valence-corrected chi connectivity index (χ3v) is 6.38. The van der Waals surface area contributed by atoms with E-state index in [9.17, 15) is 4.79 Å². The van der Waals surface area contributed by atoms with Crippen LogP contribution in [-0.4, -0.2) is 30.1 Å². The SMILES string of the molecule is O=c1oc2cccnc2n1CCSc1nnc(Cc2cccs2)n1-c1ccccc1. The second-order valence-electron chi connectivity index (χ2n) is 6.52. The molecule has 9 heteroatoms. The Morgan fingerprint density at radius 3 is 2.77 bits per heavy atom. The van der Waals surface area contributed by atoms with E-state index in [2.05, 4.69) is 31.2 Å². The predicted octanol–water partition coefficient (Wildman–Crippen LogP) is 4.01. The number of fused-ring (bicyclic) bond motifs is 1. The molecule has 1 aromatic carbocycles. The minimum atomic E-state index is -0.396. The average molecular weight is 436 g/mol. The van der Waals surface area contributed by atoms with Crippen molar-refractivity contribution in [2.45, 2.75) is 18.1 Å². The number of nitrogens with zero attached hydrogens (tertiary/aromatic N) is 5. The third kappa shape index (κ3) is 3.69. The van der Waals surface area contributed by atoms with Crippen LogP contribution in [0.25, 0.3) is 16.9 Å². The van der Waals surface area contributed by atoms with Gasteiger partial charge in [0.15, 0.2) is 16.4 Å². The number of rotatable bonds is 7. The fraction of sp³-hybridized carbons (Fsp3) is 0.143. The topological polar surface area (TPSA) is 78.7 Å². The Balaban J connectivity index is 1.41. The third-order valence-electron chi connectivity index (χ3n) is 4.60. The quantitative estimate of drug-likeness (QED) is 0.359. The number of thioether (sulfide) groups is 1. The lowest BCUT2D eigenvalue weighted by atomic mass is 10.3. The smallest absolute Gasteiger partial charge is 0.406 e. The summed E-state index contributed by atoms with van der Waals surface area (Å²) in [5, 5.41) is 11.7. The fourth-order valence-corrected chi connectivity index (χ4v) is 4.84. The first-order chi connectivity index (χ1) is 14.8. The van der Waals surface area contributed by atoms with Crippen molar-refractivity contribution in [3.8, 4) is 5.69 Å². The van der Waals surface area contributed by atoms with Gasteiger partial charge in [-0.05, 0) is 35.7 Å². The van der Waals surface area contributed by atoms with Gasteiger partial charge >= 0.3 is 5.76 Å². The van der Waals surface area contributed by atoms with Gasteiger partial charge in [0.2, 0.25) is 0 Å². The van der Waals surface area contributed by atoms with Crippen molar-refractivity contribution in [3.05, 3.63) is 87.4 Å². The zero-order valence-electron chi connectivity index (χ0n) is 15.8. The molecule has 0 saturated heterocycles. The minimum absolute atomic E-state index is 0.396. The Morgan fingerprint density at radius 2 is 1.93 bits per heavy atom. The van der Waals surface area contributed by atoms with Crippen LogP contribution in [0.3, 0.4) is 0 Å². The molecule has 4 aromatic heterocycles. The maximum atomic E-state index is 12.2. The van der Waals surface area contributed by atoms with Gasteiger partial charge in [-0.2, -0.15) is 0 Å². The molecule has 5 aromatic rings. The van der Waals surface area contributed by atoms with Crippen LogP contribution in [0.1, 0.15) is 10.7 Å². The van der Waals surface area contributed by atoms with E-state index in [0.29, 0.717) is 23.5 Å². The lowest BCUT2D eigenvalue weighted by molar-refractivity contribution is 0.514. The Labute approximate surface area is 180 Å². The second-order valence-corrected chi connectivity index (χ2v) is 8.61. The molecule has 0 aliphatic heterocycles. The van der Waals surface area contributed by atoms with Crippen LogP contribution in [0.4, 0.5) is 0 Å². The van der Waals surface area contributed by atoms with E-state index >= 15 is 0 Å². The lowest BCUT2D eigenvalue weighted by Crippen LogP contribution is -2.16. The molecule has 0 saturated carbocycles. The van der Waals surface area contributed by atoms with Gasteiger partial charge in [-0.25, -0.2) is 9.78 Å². The van der Waals surface area contributed by atoms with E-state index < -0.39 is 5.76 Å². The number of thiophene rings is 1. The zero-order valence-corrected chi connectivity index (χ0v) is 17.5. The van der Waals surface area contributed by atoms with E-state index in [4.69, 9.17) is 4.42 Å². The largest absolute Gasteiger partial charge is 0.421 e.